The number of carbonyl (C=O) groups is 2. The van der Waals surface area contributed by atoms with Crippen LogP contribution in [0.5, 0.6) is 0 Å². The smallest absolute Gasteiger partial charge is 0.414 e. The van der Waals surface area contributed by atoms with E-state index < -0.39 is 27.6 Å². The Morgan fingerprint density at radius 2 is 1.69 bits per heavy atom. The first-order chi connectivity index (χ1) is 19.6. The van der Waals surface area contributed by atoms with Crippen LogP contribution in [0, 0.1) is 20.8 Å². The zero-order valence-corrected chi connectivity index (χ0v) is 26.2. The van der Waals surface area contributed by atoms with Crippen molar-refractivity contribution in [3.8, 4) is 0 Å². The van der Waals surface area contributed by atoms with Crippen molar-refractivity contribution in [2.75, 3.05) is 11.4 Å². The third kappa shape index (κ3) is 6.74. The topological polar surface area (TPSA) is 123 Å². The lowest BCUT2D eigenvalue weighted by molar-refractivity contribution is 0.0582. The number of aryl methyl sites for hydroxylation is 3. The maximum absolute atomic E-state index is 13.1. The van der Waals surface area contributed by atoms with Gasteiger partial charge in [-0.1, -0.05) is 35.4 Å². The highest BCUT2D eigenvalue weighted by molar-refractivity contribution is 7.90. The zero-order chi connectivity index (χ0) is 31.0. The molecule has 0 aliphatic rings. The number of anilines is 1. The molecule has 0 saturated carbocycles. The molecule has 12 heteroatoms. The molecule has 0 spiro atoms. The molecule has 4 rings (SSSR count). The summed E-state index contributed by atoms with van der Waals surface area (Å²) in [5.74, 6) is -0.218. The summed E-state index contributed by atoms with van der Waals surface area (Å²) < 4.78 is 35.0. The zero-order valence-electron chi connectivity index (χ0n) is 24.6. The molecule has 0 saturated heterocycles. The molecule has 222 valence electrons. The number of hydrogen-bond donors (Lipinski definition) is 1. The molecule has 4 aromatic rings. The normalized spacial score (nSPS) is 11.9. The number of nitrogens with one attached hydrogen (secondary N) is 1. The maximum atomic E-state index is 13.1. The highest BCUT2D eigenvalue weighted by atomic mass is 35.5. The van der Waals surface area contributed by atoms with Gasteiger partial charge in [-0.2, -0.15) is 0 Å². The van der Waals surface area contributed by atoms with Crippen molar-refractivity contribution in [1.29, 1.82) is 0 Å². The Morgan fingerprint density at radius 1 is 1.02 bits per heavy atom. The number of aromatic nitrogens is 3. The molecule has 2 aromatic heterocycles. The third-order valence-electron chi connectivity index (χ3n) is 6.48. The second-order valence-corrected chi connectivity index (χ2v) is 13.1. The molecule has 0 atom stereocenters. The van der Waals surface area contributed by atoms with Gasteiger partial charge in [0.1, 0.15) is 22.6 Å². The van der Waals surface area contributed by atoms with Crippen molar-refractivity contribution >= 4 is 50.5 Å². The van der Waals surface area contributed by atoms with Crippen LogP contribution in [-0.2, 0) is 21.3 Å². The molecular formula is C30H34ClN5O5S. The van der Waals surface area contributed by atoms with E-state index in [2.05, 4.69) is 14.7 Å². The molecule has 0 bridgehead atoms. The number of fused-ring (bicyclic) bond motifs is 1. The molecule has 0 unspecified atom stereocenters. The number of pyridine rings is 1. The summed E-state index contributed by atoms with van der Waals surface area (Å²) in [6, 6.07) is 13.0. The van der Waals surface area contributed by atoms with Crippen molar-refractivity contribution in [2.24, 2.45) is 0 Å². The van der Waals surface area contributed by atoms with E-state index in [1.807, 2.05) is 26.8 Å². The Hall–Kier alpha value is -3.96. The maximum Gasteiger partial charge on any atom is 0.414 e. The van der Waals surface area contributed by atoms with Gasteiger partial charge in [-0.3, -0.25) is 9.69 Å². The standard InChI is InChI=1S/C30H34ClN5O5S/c1-8-35(29(38)41-30(5,6)7)22-12-11-21(24(31)16-22)17-36-20(4)32-26-19(3)15-25(33-27(26)36)28(37)34-42(39,40)23-13-9-18(2)10-14-23/h9-16H,8,17H2,1-7H3,(H,34,37). The lowest BCUT2D eigenvalue weighted by Gasteiger charge is -2.27. The molecule has 0 fully saturated rings. The second-order valence-electron chi connectivity index (χ2n) is 11.0. The Morgan fingerprint density at radius 3 is 2.29 bits per heavy atom. The van der Waals surface area contributed by atoms with Crippen molar-refractivity contribution in [2.45, 2.75) is 65.5 Å². The Bertz CT molecular complexity index is 1780. The minimum atomic E-state index is -4.10. The van der Waals surface area contributed by atoms with E-state index in [9.17, 15) is 18.0 Å². The van der Waals surface area contributed by atoms with Gasteiger partial charge in [-0.15, -0.1) is 0 Å². The van der Waals surface area contributed by atoms with Gasteiger partial charge < -0.3 is 9.30 Å². The first-order valence-corrected chi connectivity index (χ1v) is 15.2. The average molecular weight is 612 g/mol. The largest absolute Gasteiger partial charge is 0.443 e. The van der Waals surface area contributed by atoms with Crippen LogP contribution in [0.4, 0.5) is 10.5 Å². The molecule has 0 aliphatic carbocycles. The fourth-order valence-corrected chi connectivity index (χ4v) is 5.54. The molecule has 0 radical (unpaired) electrons. The number of rotatable bonds is 7. The average Bonchev–Trinajstić information content (AvgIpc) is 3.20. The van der Waals surface area contributed by atoms with Gasteiger partial charge in [0.05, 0.1) is 11.4 Å². The minimum Gasteiger partial charge on any atom is -0.443 e. The number of hydrogen-bond acceptors (Lipinski definition) is 7. The summed E-state index contributed by atoms with van der Waals surface area (Å²) in [6.07, 6.45) is -0.472. The van der Waals surface area contributed by atoms with Crippen LogP contribution in [-0.4, -0.2) is 47.1 Å². The number of imidazole rings is 1. The summed E-state index contributed by atoms with van der Waals surface area (Å²) in [4.78, 5) is 36.4. The molecule has 1 N–H and O–H groups in total. The van der Waals surface area contributed by atoms with Gasteiger partial charge in [0, 0.05) is 17.3 Å². The monoisotopic (exact) mass is 611 g/mol. The molecule has 2 amide bonds. The fraction of sp³-hybridized carbons (Fsp3) is 0.333. The lowest BCUT2D eigenvalue weighted by atomic mass is 10.1. The second kappa shape index (κ2) is 11.7. The number of halogens is 1. The van der Waals surface area contributed by atoms with Crippen LogP contribution in [0.2, 0.25) is 5.02 Å². The molecule has 10 nitrogen and oxygen atoms in total. The van der Waals surface area contributed by atoms with Gasteiger partial charge in [0.15, 0.2) is 5.65 Å². The van der Waals surface area contributed by atoms with Crippen molar-refractivity contribution in [3.63, 3.8) is 0 Å². The Labute approximate surface area is 250 Å². The van der Waals surface area contributed by atoms with Crippen LogP contribution in [0.15, 0.2) is 53.4 Å². The van der Waals surface area contributed by atoms with Crippen LogP contribution < -0.4 is 9.62 Å². The molecule has 2 aromatic carbocycles. The molecule has 2 heterocycles. The summed E-state index contributed by atoms with van der Waals surface area (Å²) in [6.45, 7) is 13.4. The minimum absolute atomic E-state index is 0.0217. The van der Waals surface area contributed by atoms with Crippen molar-refractivity contribution < 1.29 is 22.7 Å². The summed E-state index contributed by atoms with van der Waals surface area (Å²) in [5, 5.41) is 0.422. The fourth-order valence-electron chi connectivity index (χ4n) is 4.34. The summed E-state index contributed by atoms with van der Waals surface area (Å²) >= 11 is 6.68. The number of amides is 2. The number of benzene rings is 2. The SMILES string of the molecule is CCN(C(=O)OC(C)(C)C)c1ccc(Cn2c(C)nc3c(C)cc(C(=O)NS(=O)(=O)c4ccc(C)cc4)nc32)c(Cl)c1. The van der Waals surface area contributed by atoms with E-state index in [0.717, 1.165) is 11.1 Å². The molecular weight excluding hydrogens is 578 g/mol. The van der Waals surface area contributed by atoms with E-state index in [1.165, 1.54) is 23.1 Å². The van der Waals surface area contributed by atoms with E-state index >= 15 is 0 Å². The van der Waals surface area contributed by atoms with E-state index in [-0.39, 0.29) is 17.1 Å². The number of ether oxygens (including phenoxy) is 1. The van der Waals surface area contributed by atoms with Gasteiger partial charge in [-0.05, 0) is 89.9 Å². The van der Waals surface area contributed by atoms with E-state index in [0.29, 0.717) is 39.8 Å². The van der Waals surface area contributed by atoms with Crippen LogP contribution in [0.1, 0.15) is 60.7 Å². The van der Waals surface area contributed by atoms with Gasteiger partial charge in [0.2, 0.25) is 0 Å². The predicted molar refractivity (Wildman–Crippen MR) is 163 cm³/mol. The predicted octanol–water partition coefficient (Wildman–Crippen LogP) is 5.94. The first kappa shape index (κ1) is 31.0. The first-order valence-electron chi connectivity index (χ1n) is 13.4. The molecule has 42 heavy (non-hydrogen) atoms. The van der Waals surface area contributed by atoms with E-state index in [4.69, 9.17) is 16.3 Å². The van der Waals surface area contributed by atoms with Crippen molar-refractivity contribution in [3.05, 3.63) is 81.8 Å². The van der Waals surface area contributed by atoms with Crippen LogP contribution in [0.25, 0.3) is 11.2 Å². The van der Waals surface area contributed by atoms with E-state index in [1.54, 1.807) is 56.5 Å². The third-order valence-corrected chi connectivity index (χ3v) is 8.18. The van der Waals surface area contributed by atoms with Gasteiger partial charge in [0.25, 0.3) is 15.9 Å². The Kier molecular flexibility index (Phi) is 8.65. The number of carbonyl (C=O) groups excluding carboxylic acids is 2. The molecule has 0 aliphatic heterocycles. The summed E-state index contributed by atoms with van der Waals surface area (Å²) in [5.41, 5.74) is 3.18. The highest BCUT2D eigenvalue weighted by Crippen LogP contribution is 2.28. The van der Waals surface area contributed by atoms with Gasteiger partial charge in [-0.25, -0.2) is 27.9 Å². The summed E-state index contributed by atoms with van der Waals surface area (Å²) in [7, 11) is -4.10. The number of sulfonamides is 1. The quantitative estimate of drug-likeness (QED) is 0.274. The lowest BCUT2D eigenvalue weighted by Crippen LogP contribution is -2.36. The number of nitrogens with zero attached hydrogens (tertiary/aromatic N) is 4. The van der Waals surface area contributed by atoms with Crippen molar-refractivity contribution in [1.82, 2.24) is 19.3 Å². The van der Waals surface area contributed by atoms with Gasteiger partial charge >= 0.3 is 6.09 Å². The van der Waals surface area contributed by atoms with Crippen LogP contribution >= 0.6 is 11.6 Å². The van der Waals surface area contributed by atoms with Crippen LogP contribution in [0.3, 0.4) is 0 Å². The highest BCUT2D eigenvalue weighted by Gasteiger charge is 2.24. The Balaban J connectivity index is 1.64.